The SMILES string of the molecule is O=C(Nc1cccc(Oc2cccnc2)c1)c1cc(Cl)ccc1F.O=C(Nc1cccc(Oc2cccnc2)c1)c1cccc(Cl)c1F. The van der Waals surface area contributed by atoms with Crippen molar-refractivity contribution in [1.82, 2.24) is 9.97 Å². The van der Waals surface area contributed by atoms with Crippen molar-refractivity contribution in [1.29, 1.82) is 0 Å². The minimum absolute atomic E-state index is 0.101. The van der Waals surface area contributed by atoms with Crippen LogP contribution in [0.4, 0.5) is 20.2 Å². The molecule has 240 valence electrons. The minimum atomic E-state index is -0.751. The molecule has 0 saturated heterocycles. The molecular weight excluding hydrogens is 661 g/mol. The van der Waals surface area contributed by atoms with Crippen LogP contribution in [0.3, 0.4) is 0 Å². The number of carbonyl (C=O) groups is 2. The number of halogens is 4. The van der Waals surface area contributed by atoms with E-state index in [1.165, 1.54) is 30.3 Å². The molecule has 0 aliphatic carbocycles. The Morgan fingerprint density at radius 3 is 1.65 bits per heavy atom. The van der Waals surface area contributed by atoms with Crippen LogP contribution in [-0.2, 0) is 0 Å². The molecule has 6 aromatic rings. The van der Waals surface area contributed by atoms with Gasteiger partial charge in [0.05, 0.1) is 28.5 Å². The normalized spacial score (nSPS) is 10.2. The Hall–Kier alpha value is -5.84. The van der Waals surface area contributed by atoms with Crippen molar-refractivity contribution in [3.05, 3.63) is 167 Å². The van der Waals surface area contributed by atoms with Gasteiger partial charge in [0, 0.05) is 40.9 Å². The lowest BCUT2D eigenvalue weighted by Crippen LogP contribution is -2.13. The van der Waals surface area contributed by atoms with Gasteiger partial charge in [-0.3, -0.25) is 19.6 Å². The van der Waals surface area contributed by atoms with Crippen LogP contribution >= 0.6 is 23.2 Å². The predicted octanol–water partition coefficient (Wildman–Crippen LogP) is 9.84. The summed E-state index contributed by atoms with van der Waals surface area (Å²) < 4.78 is 38.9. The summed E-state index contributed by atoms with van der Waals surface area (Å²) in [5, 5.41) is 5.43. The molecule has 0 saturated carbocycles. The Bertz CT molecular complexity index is 1940. The number of benzene rings is 4. The van der Waals surface area contributed by atoms with E-state index in [1.807, 2.05) is 0 Å². The molecule has 0 aliphatic heterocycles. The number of anilines is 2. The zero-order valence-electron chi connectivity index (χ0n) is 24.7. The zero-order valence-corrected chi connectivity index (χ0v) is 26.3. The Labute approximate surface area is 283 Å². The van der Waals surface area contributed by atoms with E-state index < -0.39 is 23.4 Å². The highest BCUT2D eigenvalue weighted by molar-refractivity contribution is 6.31. The molecule has 0 spiro atoms. The third-order valence-electron chi connectivity index (χ3n) is 6.29. The van der Waals surface area contributed by atoms with Crippen LogP contribution in [-0.4, -0.2) is 21.8 Å². The zero-order chi connectivity index (χ0) is 33.9. The van der Waals surface area contributed by atoms with E-state index in [9.17, 15) is 18.4 Å². The summed E-state index contributed by atoms with van der Waals surface area (Å²) in [6, 6.07) is 28.7. The first-order valence-corrected chi connectivity index (χ1v) is 14.9. The van der Waals surface area contributed by atoms with Crippen LogP contribution in [0, 0.1) is 11.6 Å². The number of aromatic nitrogens is 2. The van der Waals surface area contributed by atoms with Crippen molar-refractivity contribution in [2.75, 3.05) is 10.6 Å². The molecule has 12 heteroatoms. The summed E-state index contributed by atoms with van der Waals surface area (Å²) >= 11 is 11.5. The highest BCUT2D eigenvalue weighted by Gasteiger charge is 2.15. The second-order valence-corrected chi connectivity index (χ2v) is 10.6. The van der Waals surface area contributed by atoms with E-state index in [0.29, 0.717) is 34.4 Å². The summed E-state index contributed by atoms with van der Waals surface area (Å²) in [6.07, 6.45) is 6.44. The average Bonchev–Trinajstić information content (AvgIpc) is 3.08. The van der Waals surface area contributed by atoms with Gasteiger partial charge in [-0.2, -0.15) is 0 Å². The van der Waals surface area contributed by atoms with Gasteiger partial charge in [-0.1, -0.05) is 41.4 Å². The summed E-state index contributed by atoms with van der Waals surface area (Å²) in [5.74, 6) is -0.385. The smallest absolute Gasteiger partial charge is 0.258 e. The molecule has 2 amide bonds. The molecule has 2 heterocycles. The van der Waals surface area contributed by atoms with Gasteiger partial charge in [0.25, 0.3) is 11.8 Å². The lowest BCUT2D eigenvalue weighted by molar-refractivity contribution is 0.101. The Morgan fingerprint density at radius 1 is 0.583 bits per heavy atom. The quantitative estimate of drug-likeness (QED) is 0.165. The van der Waals surface area contributed by atoms with E-state index in [-0.39, 0.29) is 21.2 Å². The van der Waals surface area contributed by atoms with E-state index in [0.717, 1.165) is 6.07 Å². The standard InChI is InChI=1S/2C18H12ClFN2O2/c19-16-8-2-7-15(17(16)20)18(23)22-12-4-1-5-13(10-12)24-14-6-3-9-21-11-14;19-12-6-7-17(20)16(9-12)18(23)22-13-3-1-4-14(10-13)24-15-5-2-8-21-11-15/h2*1-11H,(H,22,23). The number of rotatable bonds is 8. The minimum Gasteiger partial charge on any atom is -0.456 e. The maximum atomic E-state index is 13.9. The van der Waals surface area contributed by atoms with E-state index in [2.05, 4.69) is 20.6 Å². The van der Waals surface area contributed by atoms with Crippen LogP contribution in [0.25, 0.3) is 0 Å². The molecule has 6 rings (SSSR count). The number of pyridine rings is 2. The fraction of sp³-hybridized carbons (Fsp3) is 0. The second kappa shape index (κ2) is 16.1. The molecule has 0 unspecified atom stereocenters. The van der Waals surface area contributed by atoms with E-state index in [4.69, 9.17) is 32.7 Å². The Morgan fingerprint density at radius 2 is 1.10 bits per heavy atom. The summed E-state index contributed by atoms with van der Waals surface area (Å²) in [7, 11) is 0. The van der Waals surface area contributed by atoms with Crippen molar-refractivity contribution in [2.24, 2.45) is 0 Å². The summed E-state index contributed by atoms with van der Waals surface area (Å²) in [4.78, 5) is 32.3. The molecule has 0 atom stereocenters. The maximum absolute atomic E-state index is 13.9. The highest BCUT2D eigenvalue weighted by atomic mass is 35.5. The van der Waals surface area contributed by atoms with Gasteiger partial charge in [-0.05, 0) is 78.9 Å². The van der Waals surface area contributed by atoms with Crippen molar-refractivity contribution < 1.29 is 27.8 Å². The third-order valence-corrected chi connectivity index (χ3v) is 6.82. The molecule has 8 nitrogen and oxygen atoms in total. The summed E-state index contributed by atoms with van der Waals surface area (Å²) in [6.45, 7) is 0. The molecule has 0 aliphatic rings. The number of carbonyl (C=O) groups excluding carboxylic acids is 2. The van der Waals surface area contributed by atoms with Gasteiger partial charge < -0.3 is 20.1 Å². The van der Waals surface area contributed by atoms with Crippen LogP contribution in [0.1, 0.15) is 20.7 Å². The van der Waals surface area contributed by atoms with Crippen LogP contribution < -0.4 is 20.1 Å². The number of nitrogens with one attached hydrogen (secondary N) is 2. The third kappa shape index (κ3) is 9.35. The number of nitrogens with zero attached hydrogens (tertiary/aromatic N) is 2. The predicted molar refractivity (Wildman–Crippen MR) is 180 cm³/mol. The number of hydrogen-bond acceptors (Lipinski definition) is 6. The first kappa shape index (κ1) is 33.5. The molecular formula is C36H24Cl2F2N4O4. The molecule has 2 N–H and O–H groups in total. The first-order chi connectivity index (χ1) is 23.2. The average molecular weight is 686 g/mol. The van der Waals surface area contributed by atoms with Gasteiger partial charge in [-0.15, -0.1) is 0 Å². The highest BCUT2D eigenvalue weighted by Crippen LogP contribution is 2.26. The fourth-order valence-corrected chi connectivity index (χ4v) is 4.46. The molecule has 48 heavy (non-hydrogen) atoms. The van der Waals surface area contributed by atoms with Crippen LogP contribution in [0.2, 0.25) is 10.0 Å². The Balaban J connectivity index is 0.000000188. The number of amides is 2. The van der Waals surface area contributed by atoms with Crippen molar-refractivity contribution in [3.63, 3.8) is 0 Å². The maximum Gasteiger partial charge on any atom is 0.258 e. The van der Waals surface area contributed by atoms with Gasteiger partial charge in [-0.25, -0.2) is 8.78 Å². The first-order valence-electron chi connectivity index (χ1n) is 14.1. The van der Waals surface area contributed by atoms with Gasteiger partial charge in [0.2, 0.25) is 0 Å². The second-order valence-electron chi connectivity index (χ2n) is 9.77. The molecule has 0 fully saturated rings. The van der Waals surface area contributed by atoms with Crippen molar-refractivity contribution in [3.8, 4) is 23.0 Å². The largest absolute Gasteiger partial charge is 0.456 e. The van der Waals surface area contributed by atoms with Crippen LogP contribution in [0.15, 0.2) is 134 Å². The van der Waals surface area contributed by atoms with Gasteiger partial charge in [0.1, 0.15) is 28.8 Å². The van der Waals surface area contributed by atoms with Gasteiger partial charge in [0.15, 0.2) is 5.82 Å². The topological polar surface area (TPSA) is 102 Å². The number of ether oxygens (including phenoxy) is 2. The lowest BCUT2D eigenvalue weighted by atomic mass is 10.2. The fourth-order valence-electron chi connectivity index (χ4n) is 4.11. The molecule has 0 bridgehead atoms. The molecule has 4 aromatic carbocycles. The van der Waals surface area contributed by atoms with Gasteiger partial charge >= 0.3 is 0 Å². The Kier molecular flexibility index (Phi) is 11.3. The van der Waals surface area contributed by atoms with E-state index >= 15 is 0 Å². The van der Waals surface area contributed by atoms with Crippen molar-refractivity contribution in [2.45, 2.75) is 0 Å². The number of hydrogen-bond donors (Lipinski definition) is 2. The lowest BCUT2D eigenvalue weighted by Gasteiger charge is -2.09. The van der Waals surface area contributed by atoms with Crippen LogP contribution in [0.5, 0.6) is 23.0 Å². The monoisotopic (exact) mass is 684 g/mol. The molecule has 0 radical (unpaired) electrons. The summed E-state index contributed by atoms with van der Waals surface area (Å²) in [5.41, 5.74) is 0.698. The van der Waals surface area contributed by atoms with Crippen molar-refractivity contribution >= 4 is 46.4 Å². The molecule has 2 aromatic heterocycles. The van der Waals surface area contributed by atoms with E-state index in [1.54, 1.807) is 97.6 Å².